The number of ether oxygens (including phenoxy) is 3. The normalized spacial score (nSPS) is 10.9. The molecule has 0 atom stereocenters. The van der Waals surface area contributed by atoms with Gasteiger partial charge in [-0.1, -0.05) is 30.3 Å². The average molecular weight is 206 g/mol. The third-order valence-electron chi connectivity index (χ3n) is 1.89. The molecule has 0 aliphatic rings. The predicted molar refractivity (Wildman–Crippen MR) is 55.5 cm³/mol. The number of hydrogen-bond donors (Lipinski definition) is 0. The summed E-state index contributed by atoms with van der Waals surface area (Å²) in [5.74, 6) is 0. The zero-order valence-corrected chi connectivity index (χ0v) is 8.46. The van der Waals surface area contributed by atoms with Gasteiger partial charge in [0.2, 0.25) is 0 Å². The third kappa shape index (κ3) is 4.93. The van der Waals surface area contributed by atoms with Gasteiger partial charge < -0.3 is 14.2 Å². The SMILES string of the molecule is [CH]OCC(CO[CH])OCc1ccccc1. The van der Waals surface area contributed by atoms with Crippen molar-refractivity contribution in [2.75, 3.05) is 13.2 Å². The first-order valence-electron chi connectivity index (χ1n) is 4.65. The Balaban J connectivity index is 2.33. The van der Waals surface area contributed by atoms with E-state index in [1.807, 2.05) is 30.3 Å². The van der Waals surface area contributed by atoms with Gasteiger partial charge in [-0.3, -0.25) is 0 Å². The molecule has 0 unspecified atom stereocenters. The lowest BCUT2D eigenvalue weighted by atomic mass is 10.2. The van der Waals surface area contributed by atoms with Crippen LogP contribution in [-0.2, 0) is 20.8 Å². The Morgan fingerprint density at radius 2 is 1.60 bits per heavy atom. The molecule has 0 aliphatic heterocycles. The maximum Gasteiger partial charge on any atom is 0.115 e. The topological polar surface area (TPSA) is 27.7 Å². The molecule has 1 rings (SSSR count). The maximum absolute atomic E-state index is 5.50. The van der Waals surface area contributed by atoms with Gasteiger partial charge >= 0.3 is 0 Å². The summed E-state index contributed by atoms with van der Waals surface area (Å²) in [5.41, 5.74) is 1.08. The van der Waals surface area contributed by atoms with E-state index in [4.69, 9.17) is 19.0 Å². The summed E-state index contributed by atoms with van der Waals surface area (Å²) >= 11 is 0. The fraction of sp³-hybridized carbons (Fsp3) is 0.333. The zero-order chi connectivity index (χ0) is 10.9. The molecule has 0 bridgehead atoms. The Kier molecular flexibility index (Phi) is 6.00. The van der Waals surface area contributed by atoms with Crippen LogP contribution >= 0.6 is 0 Å². The fourth-order valence-electron chi connectivity index (χ4n) is 1.15. The Bertz CT molecular complexity index is 242. The minimum Gasteiger partial charge on any atom is -0.370 e. The molecular weight excluding hydrogens is 192 g/mol. The Morgan fingerprint density at radius 3 is 2.13 bits per heavy atom. The lowest BCUT2D eigenvalue weighted by molar-refractivity contribution is -0.0370. The molecule has 1 aromatic carbocycles. The van der Waals surface area contributed by atoms with E-state index in [0.29, 0.717) is 6.61 Å². The fourth-order valence-corrected chi connectivity index (χ4v) is 1.15. The van der Waals surface area contributed by atoms with Gasteiger partial charge in [0.25, 0.3) is 0 Å². The Morgan fingerprint density at radius 1 is 1.00 bits per heavy atom. The van der Waals surface area contributed by atoms with Crippen molar-refractivity contribution in [3.8, 4) is 0 Å². The van der Waals surface area contributed by atoms with Crippen LogP contribution in [0.2, 0.25) is 0 Å². The first-order chi connectivity index (χ1) is 7.36. The van der Waals surface area contributed by atoms with Crippen LogP contribution in [0.25, 0.3) is 0 Å². The largest absolute Gasteiger partial charge is 0.370 e. The molecule has 0 saturated heterocycles. The molecule has 0 saturated carbocycles. The van der Waals surface area contributed by atoms with Crippen molar-refractivity contribution in [2.45, 2.75) is 12.7 Å². The highest BCUT2D eigenvalue weighted by molar-refractivity contribution is 5.13. The Labute approximate surface area is 91.0 Å². The van der Waals surface area contributed by atoms with Gasteiger partial charge in [0, 0.05) is 0 Å². The summed E-state index contributed by atoms with van der Waals surface area (Å²) in [5, 5.41) is 0. The summed E-state index contributed by atoms with van der Waals surface area (Å²) in [7, 11) is 9.90. The highest BCUT2D eigenvalue weighted by Crippen LogP contribution is 2.04. The average Bonchev–Trinajstić information content (AvgIpc) is 2.28. The summed E-state index contributed by atoms with van der Waals surface area (Å²) in [4.78, 5) is 0. The van der Waals surface area contributed by atoms with Gasteiger partial charge in [-0.25, -0.2) is 0 Å². The van der Waals surface area contributed by atoms with Gasteiger partial charge in [-0.2, -0.15) is 0 Å². The summed E-state index contributed by atoms with van der Waals surface area (Å²) in [6.45, 7) is 0.992. The second kappa shape index (κ2) is 7.40. The molecule has 15 heavy (non-hydrogen) atoms. The van der Waals surface area contributed by atoms with Crippen molar-refractivity contribution in [2.24, 2.45) is 0 Å². The first kappa shape index (κ1) is 12.2. The van der Waals surface area contributed by atoms with Crippen LogP contribution in [0.5, 0.6) is 0 Å². The monoisotopic (exact) mass is 206 g/mol. The molecule has 3 nitrogen and oxygen atoms in total. The minimum absolute atomic E-state index is 0.250. The zero-order valence-electron chi connectivity index (χ0n) is 8.46. The highest BCUT2D eigenvalue weighted by Gasteiger charge is 2.08. The minimum atomic E-state index is -0.250. The van der Waals surface area contributed by atoms with Gasteiger partial charge in [0.1, 0.15) is 20.3 Å². The van der Waals surface area contributed by atoms with E-state index in [1.54, 1.807) is 0 Å². The van der Waals surface area contributed by atoms with E-state index in [1.165, 1.54) is 0 Å². The van der Waals surface area contributed by atoms with E-state index in [2.05, 4.69) is 9.47 Å². The molecule has 0 N–H and O–H groups in total. The standard InChI is InChI=1S/C12H14O3/c1-13-9-12(10-14-2)15-8-11-6-4-3-5-7-11/h1-7,12H,8-10H2. The molecule has 80 valence electrons. The van der Waals surface area contributed by atoms with Crippen LogP contribution in [-0.4, -0.2) is 19.3 Å². The van der Waals surface area contributed by atoms with Crippen LogP contribution in [0.15, 0.2) is 30.3 Å². The molecule has 0 aromatic heterocycles. The van der Waals surface area contributed by atoms with Crippen molar-refractivity contribution in [1.29, 1.82) is 0 Å². The van der Waals surface area contributed by atoms with E-state index in [-0.39, 0.29) is 19.3 Å². The van der Waals surface area contributed by atoms with Crippen molar-refractivity contribution >= 4 is 0 Å². The smallest absolute Gasteiger partial charge is 0.115 e. The van der Waals surface area contributed by atoms with Gasteiger partial charge in [-0.05, 0) is 5.56 Å². The van der Waals surface area contributed by atoms with Crippen LogP contribution in [0.4, 0.5) is 0 Å². The number of hydrogen-bond acceptors (Lipinski definition) is 3. The predicted octanol–water partition coefficient (Wildman–Crippen LogP) is 1.94. The molecule has 0 heterocycles. The van der Waals surface area contributed by atoms with Crippen molar-refractivity contribution in [3.63, 3.8) is 0 Å². The van der Waals surface area contributed by atoms with E-state index >= 15 is 0 Å². The molecule has 0 amide bonds. The van der Waals surface area contributed by atoms with Gasteiger partial charge in [-0.15, -0.1) is 0 Å². The molecule has 4 radical (unpaired) electrons. The summed E-state index contributed by atoms with van der Waals surface area (Å²) < 4.78 is 14.5. The molecule has 1 aromatic rings. The van der Waals surface area contributed by atoms with Crippen LogP contribution in [0.3, 0.4) is 0 Å². The molecule has 0 fully saturated rings. The highest BCUT2D eigenvalue weighted by atomic mass is 16.6. The lowest BCUT2D eigenvalue weighted by Crippen LogP contribution is -2.23. The molecule has 0 spiro atoms. The molecule has 3 heteroatoms. The Hall–Kier alpha value is -0.900. The lowest BCUT2D eigenvalue weighted by Gasteiger charge is -2.15. The van der Waals surface area contributed by atoms with E-state index < -0.39 is 0 Å². The van der Waals surface area contributed by atoms with Crippen LogP contribution in [0.1, 0.15) is 5.56 Å². The van der Waals surface area contributed by atoms with Gasteiger partial charge in [0.15, 0.2) is 0 Å². The van der Waals surface area contributed by atoms with Crippen molar-refractivity contribution in [3.05, 3.63) is 50.1 Å². The molecular formula is C12H14O3. The second-order valence-electron chi connectivity index (χ2n) is 3.09. The van der Waals surface area contributed by atoms with Crippen LogP contribution < -0.4 is 0 Å². The number of rotatable bonds is 7. The van der Waals surface area contributed by atoms with E-state index in [0.717, 1.165) is 5.56 Å². The third-order valence-corrected chi connectivity index (χ3v) is 1.89. The first-order valence-corrected chi connectivity index (χ1v) is 4.65. The van der Waals surface area contributed by atoms with Gasteiger partial charge in [0.05, 0.1) is 19.8 Å². The maximum atomic E-state index is 5.50. The number of benzene rings is 1. The van der Waals surface area contributed by atoms with Crippen LogP contribution in [0, 0.1) is 14.2 Å². The van der Waals surface area contributed by atoms with Crippen molar-refractivity contribution in [1.82, 2.24) is 0 Å². The van der Waals surface area contributed by atoms with Crippen molar-refractivity contribution < 1.29 is 14.2 Å². The summed E-state index contributed by atoms with van der Waals surface area (Å²) in [6.07, 6.45) is -0.250. The van der Waals surface area contributed by atoms with E-state index in [9.17, 15) is 0 Å². The summed E-state index contributed by atoms with van der Waals surface area (Å²) in [6, 6.07) is 9.80. The molecule has 0 aliphatic carbocycles. The quantitative estimate of drug-likeness (QED) is 0.682. The second-order valence-corrected chi connectivity index (χ2v) is 3.09.